The van der Waals surface area contributed by atoms with Crippen LogP contribution < -0.4 is 10.1 Å². The molecule has 2 rings (SSSR count). The highest BCUT2D eigenvalue weighted by Crippen LogP contribution is 2.24. The molecule has 15 heavy (non-hydrogen) atoms. The summed E-state index contributed by atoms with van der Waals surface area (Å²) in [5.41, 5.74) is 0.795. The van der Waals surface area contributed by atoms with E-state index in [1.165, 1.54) is 6.07 Å². The van der Waals surface area contributed by atoms with Gasteiger partial charge >= 0.3 is 6.36 Å². The van der Waals surface area contributed by atoms with Crippen LogP contribution in [0.25, 0.3) is 0 Å². The number of nitrogens with one attached hydrogen (secondary N) is 1. The van der Waals surface area contributed by atoms with Crippen molar-refractivity contribution < 1.29 is 17.9 Å². The summed E-state index contributed by atoms with van der Waals surface area (Å²) < 4.78 is 39.2. The van der Waals surface area contributed by atoms with Crippen LogP contribution in [-0.4, -0.2) is 24.4 Å². The van der Waals surface area contributed by atoms with Gasteiger partial charge in [-0.2, -0.15) is 0 Å². The molecule has 2 heterocycles. The second-order valence-corrected chi connectivity index (χ2v) is 3.32. The molecule has 0 bridgehead atoms. The Morgan fingerprint density at radius 2 is 2.07 bits per heavy atom. The second-order valence-electron chi connectivity index (χ2n) is 3.32. The fourth-order valence-corrected chi connectivity index (χ4v) is 1.33. The summed E-state index contributed by atoms with van der Waals surface area (Å²) in [5, 5.41) is 3.06. The number of halogens is 3. The van der Waals surface area contributed by atoms with Crippen molar-refractivity contribution in [1.29, 1.82) is 0 Å². The molecule has 3 nitrogen and oxygen atoms in total. The van der Waals surface area contributed by atoms with Crippen LogP contribution in [-0.2, 0) is 0 Å². The van der Waals surface area contributed by atoms with Crippen molar-refractivity contribution in [3.05, 3.63) is 24.0 Å². The molecule has 0 aromatic carbocycles. The molecule has 1 N–H and O–H groups in total. The Labute approximate surface area is 84.3 Å². The van der Waals surface area contributed by atoms with Crippen molar-refractivity contribution in [2.45, 2.75) is 12.3 Å². The highest BCUT2D eigenvalue weighted by molar-refractivity contribution is 5.23. The fourth-order valence-electron chi connectivity index (χ4n) is 1.33. The van der Waals surface area contributed by atoms with Crippen LogP contribution in [0, 0.1) is 0 Å². The molecule has 1 fully saturated rings. The van der Waals surface area contributed by atoms with E-state index >= 15 is 0 Å². The molecule has 1 aromatic rings. The van der Waals surface area contributed by atoms with Gasteiger partial charge in [0.15, 0.2) is 0 Å². The zero-order chi connectivity index (χ0) is 10.9. The van der Waals surface area contributed by atoms with Gasteiger partial charge in [-0.1, -0.05) is 0 Å². The third-order valence-corrected chi connectivity index (χ3v) is 2.19. The molecule has 0 unspecified atom stereocenters. The maximum absolute atomic E-state index is 11.8. The lowest BCUT2D eigenvalue weighted by atomic mass is 9.99. The zero-order valence-electron chi connectivity index (χ0n) is 7.71. The number of aromatic nitrogens is 1. The van der Waals surface area contributed by atoms with Crippen molar-refractivity contribution in [3.63, 3.8) is 0 Å². The summed E-state index contributed by atoms with van der Waals surface area (Å²) >= 11 is 0. The zero-order valence-corrected chi connectivity index (χ0v) is 7.71. The van der Waals surface area contributed by atoms with Crippen molar-refractivity contribution in [2.75, 3.05) is 13.1 Å². The van der Waals surface area contributed by atoms with Crippen LogP contribution >= 0.6 is 0 Å². The number of alkyl halides is 3. The summed E-state index contributed by atoms with van der Waals surface area (Å²) in [6, 6.07) is 2.85. The van der Waals surface area contributed by atoms with E-state index in [1.54, 1.807) is 6.07 Å². The Kier molecular flexibility index (Phi) is 2.52. The molecule has 1 aromatic heterocycles. The summed E-state index contributed by atoms with van der Waals surface area (Å²) in [6.45, 7) is 1.65. The SMILES string of the molecule is FC(F)(F)Oc1ccc(C2CNC2)nc1. The summed E-state index contributed by atoms with van der Waals surface area (Å²) in [7, 11) is 0. The predicted molar refractivity (Wildman–Crippen MR) is 46.5 cm³/mol. The monoisotopic (exact) mass is 218 g/mol. The minimum atomic E-state index is -4.65. The Balaban J connectivity index is 2.03. The number of hydrogen-bond donors (Lipinski definition) is 1. The van der Waals surface area contributed by atoms with Crippen LogP contribution in [0.15, 0.2) is 18.3 Å². The number of pyridine rings is 1. The minimum absolute atomic E-state index is 0.279. The van der Waals surface area contributed by atoms with Crippen molar-refractivity contribution in [1.82, 2.24) is 10.3 Å². The number of ether oxygens (including phenoxy) is 1. The topological polar surface area (TPSA) is 34.1 Å². The van der Waals surface area contributed by atoms with E-state index in [0.29, 0.717) is 5.92 Å². The van der Waals surface area contributed by atoms with Gasteiger partial charge in [-0.25, -0.2) is 0 Å². The van der Waals surface area contributed by atoms with E-state index in [4.69, 9.17) is 0 Å². The number of rotatable bonds is 2. The molecule has 0 atom stereocenters. The van der Waals surface area contributed by atoms with E-state index in [0.717, 1.165) is 25.0 Å². The highest BCUT2D eigenvalue weighted by atomic mass is 19.4. The Bertz CT molecular complexity index is 332. The third kappa shape index (κ3) is 2.59. The molecule has 1 aliphatic heterocycles. The molecule has 0 radical (unpaired) electrons. The fraction of sp³-hybridized carbons (Fsp3) is 0.444. The lowest BCUT2D eigenvalue weighted by molar-refractivity contribution is -0.274. The van der Waals surface area contributed by atoms with E-state index in [9.17, 15) is 13.2 Å². The Hall–Kier alpha value is -1.30. The molecular formula is C9H9F3N2O. The van der Waals surface area contributed by atoms with Crippen LogP contribution in [0.1, 0.15) is 11.6 Å². The first-order chi connectivity index (χ1) is 7.04. The summed E-state index contributed by atoms with van der Waals surface area (Å²) in [4.78, 5) is 3.92. The molecule has 0 amide bonds. The van der Waals surface area contributed by atoms with Crippen LogP contribution in [0.5, 0.6) is 5.75 Å². The van der Waals surface area contributed by atoms with E-state index < -0.39 is 6.36 Å². The third-order valence-electron chi connectivity index (χ3n) is 2.19. The molecule has 0 spiro atoms. The lowest BCUT2D eigenvalue weighted by Crippen LogP contribution is -2.40. The normalized spacial score (nSPS) is 17.3. The number of nitrogens with zero attached hydrogens (tertiary/aromatic N) is 1. The first kappa shape index (κ1) is 10.2. The van der Waals surface area contributed by atoms with Crippen LogP contribution in [0.3, 0.4) is 0 Å². The van der Waals surface area contributed by atoms with Gasteiger partial charge in [-0.15, -0.1) is 13.2 Å². The average molecular weight is 218 g/mol. The maximum atomic E-state index is 11.8. The van der Waals surface area contributed by atoms with E-state index in [-0.39, 0.29) is 5.75 Å². The van der Waals surface area contributed by atoms with Gasteiger partial charge in [0.05, 0.1) is 6.20 Å². The van der Waals surface area contributed by atoms with E-state index in [1.807, 2.05) is 0 Å². The Morgan fingerprint density at radius 1 is 1.33 bits per heavy atom. The van der Waals surface area contributed by atoms with Gasteiger partial charge in [0.2, 0.25) is 0 Å². The van der Waals surface area contributed by atoms with Gasteiger partial charge in [-0.3, -0.25) is 4.98 Å². The van der Waals surface area contributed by atoms with Crippen LogP contribution in [0.4, 0.5) is 13.2 Å². The second kappa shape index (κ2) is 3.69. The molecule has 0 aliphatic carbocycles. The Morgan fingerprint density at radius 3 is 2.47 bits per heavy atom. The van der Waals surface area contributed by atoms with Crippen molar-refractivity contribution in [2.24, 2.45) is 0 Å². The number of hydrogen-bond acceptors (Lipinski definition) is 3. The smallest absolute Gasteiger partial charge is 0.404 e. The lowest BCUT2D eigenvalue weighted by Gasteiger charge is -2.26. The average Bonchev–Trinajstić information content (AvgIpc) is 2.02. The predicted octanol–water partition coefficient (Wildman–Crippen LogP) is 1.67. The molecular weight excluding hydrogens is 209 g/mol. The first-order valence-corrected chi connectivity index (χ1v) is 4.47. The molecule has 1 aliphatic rings. The first-order valence-electron chi connectivity index (χ1n) is 4.47. The largest absolute Gasteiger partial charge is 0.573 e. The standard InChI is InChI=1S/C9H9F3N2O/c10-9(11,12)15-7-1-2-8(14-5-7)6-3-13-4-6/h1-2,5-6,13H,3-4H2. The van der Waals surface area contributed by atoms with Gasteiger partial charge < -0.3 is 10.1 Å². The maximum Gasteiger partial charge on any atom is 0.573 e. The summed E-state index contributed by atoms with van der Waals surface area (Å²) in [5.74, 6) is 0.0310. The summed E-state index contributed by atoms with van der Waals surface area (Å²) in [6.07, 6.45) is -3.55. The van der Waals surface area contributed by atoms with Gasteiger partial charge in [-0.05, 0) is 12.1 Å². The molecule has 0 saturated carbocycles. The van der Waals surface area contributed by atoms with E-state index in [2.05, 4.69) is 15.0 Å². The van der Waals surface area contributed by atoms with Crippen LogP contribution in [0.2, 0.25) is 0 Å². The van der Waals surface area contributed by atoms with Gasteiger partial charge in [0, 0.05) is 24.7 Å². The van der Waals surface area contributed by atoms with Crippen molar-refractivity contribution in [3.8, 4) is 5.75 Å². The molecule has 1 saturated heterocycles. The quantitative estimate of drug-likeness (QED) is 0.819. The molecule has 82 valence electrons. The highest BCUT2D eigenvalue weighted by Gasteiger charge is 2.31. The van der Waals surface area contributed by atoms with Crippen molar-refractivity contribution >= 4 is 0 Å². The van der Waals surface area contributed by atoms with Gasteiger partial charge in [0.25, 0.3) is 0 Å². The minimum Gasteiger partial charge on any atom is -0.404 e. The molecule has 6 heteroatoms. The van der Waals surface area contributed by atoms with Gasteiger partial charge in [0.1, 0.15) is 5.75 Å².